The Morgan fingerprint density at radius 1 is 1.11 bits per heavy atom. The van der Waals surface area contributed by atoms with E-state index in [0.717, 1.165) is 25.6 Å². The summed E-state index contributed by atoms with van der Waals surface area (Å²) >= 11 is 1.89. The number of benzene rings is 1. The summed E-state index contributed by atoms with van der Waals surface area (Å²) in [5, 5.41) is 4.36. The summed E-state index contributed by atoms with van der Waals surface area (Å²) in [6.45, 7) is 14.1. The zero-order valence-electron chi connectivity index (χ0n) is 18.3. The minimum atomic E-state index is 0.296. The van der Waals surface area contributed by atoms with Crippen LogP contribution >= 0.6 is 11.9 Å². The first-order chi connectivity index (χ1) is 13.4. The zero-order chi connectivity index (χ0) is 20.1. The van der Waals surface area contributed by atoms with Crippen LogP contribution in [0.4, 0.5) is 11.4 Å². The third kappa shape index (κ3) is 6.30. The van der Waals surface area contributed by atoms with E-state index >= 15 is 0 Å². The molecule has 2 N–H and O–H groups in total. The molecule has 0 unspecified atom stereocenters. The van der Waals surface area contributed by atoms with Crippen LogP contribution in [0.5, 0.6) is 0 Å². The molecule has 0 radical (unpaired) electrons. The highest BCUT2D eigenvalue weighted by Gasteiger charge is 2.24. The van der Waals surface area contributed by atoms with Crippen molar-refractivity contribution in [2.24, 2.45) is 5.92 Å². The Kier molecular flexibility index (Phi) is 7.95. The predicted molar refractivity (Wildman–Crippen MR) is 123 cm³/mol. The fraction of sp³-hybridized carbons (Fsp3) is 0.739. The van der Waals surface area contributed by atoms with Crippen LogP contribution in [-0.4, -0.2) is 43.1 Å². The second-order valence-corrected chi connectivity index (χ2v) is 10.5. The van der Waals surface area contributed by atoms with Crippen LogP contribution in [0.3, 0.4) is 0 Å². The predicted octanol–water partition coefficient (Wildman–Crippen LogP) is 5.23. The van der Waals surface area contributed by atoms with Gasteiger partial charge in [0.25, 0.3) is 0 Å². The molecule has 1 heterocycles. The number of hydrogen-bond donors (Lipinski definition) is 2. The summed E-state index contributed by atoms with van der Waals surface area (Å²) in [6.07, 6.45) is 5.84. The number of morpholine rings is 1. The minimum absolute atomic E-state index is 0.296. The van der Waals surface area contributed by atoms with Gasteiger partial charge in [-0.2, -0.15) is 0 Å². The first-order valence-corrected chi connectivity index (χ1v) is 11.9. The minimum Gasteiger partial charge on any atom is -0.385 e. The van der Waals surface area contributed by atoms with E-state index < -0.39 is 0 Å². The smallest absolute Gasteiger partial charge is 0.0726 e. The molecule has 1 aliphatic carbocycles. The van der Waals surface area contributed by atoms with Crippen LogP contribution in [0, 0.1) is 12.8 Å². The Bertz CT molecular complexity index is 606. The molecule has 5 heteroatoms. The molecule has 1 saturated heterocycles. The SMILES string of the molecule is Cc1cc(NC[C@H]2CC[C@H](NSC(C)C)CC2)ccc1N1C[C@@H](C)O[C@@H](C)C1. The second-order valence-electron chi connectivity index (χ2n) is 9.05. The van der Waals surface area contributed by atoms with Crippen molar-refractivity contribution >= 4 is 23.3 Å². The maximum atomic E-state index is 5.88. The van der Waals surface area contributed by atoms with Crippen LogP contribution in [0.15, 0.2) is 18.2 Å². The van der Waals surface area contributed by atoms with Gasteiger partial charge in [-0.15, -0.1) is 0 Å². The number of hydrogen-bond acceptors (Lipinski definition) is 5. The van der Waals surface area contributed by atoms with Crippen LogP contribution < -0.4 is 14.9 Å². The Hall–Kier alpha value is -0.910. The van der Waals surface area contributed by atoms with Gasteiger partial charge < -0.3 is 15.0 Å². The van der Waals surface area contributed by atoms with Gasteiger partial charge in [0, 0.05) is 42.3 Å². The van der Waals surface area contributed by atoms with E-state index in [9.17, 15) is 0 Å². The van der Waals surface area contributed by atoms with Gasteiger partial charge in [0.15, 0.2) is 0 Å². The summed E-state index contributed by atoms with van der Waals surface area (Å²) in [5.74, 6) is 0.794. The van der Waals surface area contributed by atoms with E-state index in [1.165, 1.54) is 42.6 Å². The Balaban J connectivity index is 1.46. The van der Waals surface area contributed by atoms with E-state index in [2.05, 4.69) is 67.8 Å². The summed E-state index contributed by atoms with van der Waals surface area (Å²) in [5.41, 5.74) is 3.96. The number of aryl methyl sites for hydroxylation is 1. The Morgan fingerprint density at radius 2 is 1.79 bits per heavy atom. The molecule has 2 atom stereocenters. The molecule has 1 aliphatic heterocycles. The molecule has 1 aromatic rings. The Morgan fingerprint density at radius 3 is 2.39 bits per heavy atom. The lowest BCUT2D eigenvalue weighted by Gasteiger charge is -2.37. The van der Waals surface area contributed by atoms with Gasteiger partial charge in [0.05, 0.1) is 12.2 Å². The molecule has 2 aliphatic rings. The van der Waals surface area contributed by atoms with Crippen LogP contribution in [0.1, 0.15) is 58.9 Å². The van der Waals surface area contributed by atoms with Crippen molar-refractivity contribution in [1.29, 1.82) is 0 Å². The van der Waals surface area contributed by atoms with Crippen molar-refractivity contribution in [1.82, 2.24) is 4.72 Å². The molecule has 1 aromatic carbocycles. The monoisotopic (exact) mass is 405 g/mol. The van der Waals surface area contributed by atoms with Gasteiger partial charge >= 0.3 is 0 Å². The maximum absolute atomic E-state index is 5.88. The van der Waals surface area contributed by atoms with Gasteiger partial charge in [-0.1, -0.05) is 25.8 Å². The van der Waals surface area contributed by atoms with Crippen molar-refractivity contribution < 1.29 is 4.74 Å². The normalized spacial score (nSPS) is 28.6. The van der Waals surface area contributed by atoms with Crippen LogP contribution in [0.25, 0.3) is 0 Å². The largest absolute Gasteiger partial charge is 0.385 e. The summed E-state index contributed by atoms with van der Waals surface area (Å²) < 4.78 is 9.53. The topological polar surface area (TPSA) is 36.5 Å². The lowest BCUT2D eigenvalue weighted by atomic mass is 9.86. The van der Waals surface area contributed by atoms with Gasteiger partial charge in [-0.3, -0.25) is 4.72 Å². The van der Waals surface area contributed by atoms with Gasteiger partial charge in [0.1, 0.15) is 0 Å². The quantitative estimate of drug-likeness (QED) is 0.608. The van der Waals surface area contributed by atoms with Gasteiger partial charge in [-0.05, 0) is 76.1 Å². The van der Waals surface area contributed by atoms with Crippen molar-refractivity contribution in [2.45, 2.75) is 83.8 Å². The molecular weight excluding hydrogens is 366 g/mol. The first-order valence-electron chi connectivity index (χ1n) is 11.1. The van der Waals surface area contributed by atoms with E-state index in [1.54, 1.807) is 0 Å². The van der Waals surface area contributed by atoms with Crippen molar-refractivity contribution in [3.05, 3.63) is 23.8 Å². The lowest BCUT2D eigenvalue weighted by molar-refractivity contribution is -0.00524. The molecule has 0 amide bonds. The van der Waals surface area contributed by atoms with E-state index in [1.807, 2.05) is 11.9 Å². The Labute approximate surface area is 176 Å². The van der Waals surface area contributed by atoms with Crippen LogP contribution in [0.2, 0.25) is 0 Å². The first kappa shape index (κ1) is 21.8. The van der Waals surface area contributed by atoms with Crippen molar-refractivity contribution in [3.63, 3.8) is 0 Å². The van der Waals surface area contributed by atoms with Gasteiger partial charge in [-0.25, -0.2) is 0 Å². The average Bonchev–Trinajstić information content (AvgIpc) is 2.64. The molecule has 0 aromatic heterocycles. The number of rotatable bonds is 7. The molecule has 4 nitrogen and oxygen atoms in total. The van der Waals surface area contributed by atoms with Gasteiger partial charge in [0.2, 0.25) is 0 Å². The lowest BCUT2D eigenvalue weighted by Crippen LogP contribution is -2.45. The fourth-order valence-electron chi connectivity index (χ4n) is 4.47. The van der Waals surface area contributed by atoms with E-state index in [4.69, 9.17) is 4.74 Å². The highest BCUT2D eigenvalue weighted by atomic mass is 32.2. The summed E-state index contributed by atoms with van der Waals surface area (Å²) in [7, 11) is 0. The fourth-order valence-corrected chi connectivity index (χ4v) is 5.17. The summed E-state index contributed by atoms with van der Waals surface area (Å²) in [4.78, 5) is 2.47. The number of anilines is 2. The highest BCUT2D eigenvalue weighted by molar-refractivity contribution is 7.98. The third-order valence-electron chi connectivity index (χ3n) is 5.87. The maximum Gasteiger partial charge on any atom is 0.0726 e. The molecule has 28 heavy (non-hydrogen) atoms. The molecule has 1 saturated carbocycles. The molecule has 2 fully saturated rings. The third-order valence-corrected chi connectivity index (χ3v) is 6.81. The molecule has 0 spiro atoms. The standard InChI is InChI=1S/C23H39N3OS/c1-16(2)28-25-21-8-6-20(7-9-21)13-24-22-10-11-23(17(3)12-22)26-14-18(4)27-19(5)15-26/h10-12,16,18-21,24-25H,6-9,13-15H2,1-5H3/t18-,19+,20-,21-. The van der Waals surface area contributed by atoms with E-state index in [0.29, 0.717) is 23.5 Å². The van der Waals surface area contributed by atoms with E-state index in [-0.39, 0.29) is 0 Å². The molecule has 0 bridgehead atoms. The summed E-state index contributed by atoms with van der Waals surface area (Å²) in [6, 6.07) is 7.54. The molecule has 3 rings (SSSR count). The number of ether oxygens (including phenoxy) is 1. The average molecular weight is 406 g/mol. The van der Waals surface area contributed by atoms with Crippen molar-refractivity contribution in [2.75, 3.05) is 29.9 Å². The van der Waals surface area contributed by atoms with Crippen LogP contribution in [-0.2, 0) is 4.74 Å². The number of nitrogens with zero attached hydrogens (tertiary/aromatic N) is 1. The second kappa shape index (κ2) is 10.2. The number of nitrogens with one attached hydrogen (secondary N) is 2. The molecule has 158 valence electrons. The molecular formula is C23H39N3OS. The highest BCUT2D eigenvalue weighted by Crippen LogP contribution is 2.29. The zero-order valence-corrected chi connectivity index (χ0v) is 19.1. The van der Waals surface area contributed by atoms with Crippen molar-refractivity contribution in [3.8, 4) is 0 Å².